The summed E-state index contributed by atoms with van der Waals surface area (Å²) in [6, 6.07) is 8.74. The van der Waals surface area contributed by atoms with Crippen molar-refractivity contribution in [2.45, 2.75) is 40.2 Å². The molecule has 34 heavy (non-hydrogen) atoms. The number of rotatable bonds is 10. The highest BCUT2D eigenvalue weighted by atomic mass is 16.5. The maximum Gasteiger partial charge on any atom is 0.295 e. The Bertz CT molecular complexity index is 1090. The van der Waals surface area contributed by atoms with Crippen LogP contribution in [-0.4, -0.2) is 53.2 Å². The molecule has 0 spiro atoms. The van der Waals surface area contributed by atoms with E-state index >= 15 is 0 Å². The van der Waals surface area contributed by atoms with Crippen LogP contribution in [0.3, 0.4) is 0 Å². The second-order valence-corrected chi connectivity index (χ2v) is 7.68. The number of hydrogen-bond acceptors (Lipinski definition) is 7. The molecule has 2 aromatic carbocycles. The predicted octanol–water partition coefficient (Wildman–Crippen LogP) is 4.42. The number of phenolic OH excluding ortho intramolecular Hbond substituents is 1. The molecule has 2 N–H and O–H groups in total. The molecule has 8 heteroatoms. The van der Waals surface area contributed by atoms with E-state index < -0.39 is 17.7 Å². The number of Topliss-reactive ketones (excluding diaryl/α,β-unsaturated/α-hetero) is 1. The zero-order valence-corrected chi connectivity index (χ0v) is 20.0. The smallest absolute Gasteiger partial charge is 0.295 e. The average Bonchev–Trinajstić information content (AvgIpc) is 3.06. The fourth-order valence-electron chi connectivity index (χ4n) is 4.04. The Hall–Kier alpha value is -3.68. The Balaban J connectivity index is 2.22. The Labute approximate surface area is 199 Å². The van der Waals surface area contributed by atoms with Gasteiger partial charge in [-0.25, -0.2) is 0 Å². The molecule has 0 radical (unpaired) electrons. The molecule has 1 atom stereocenters. The van der Waals surface area contributed by atoms with Crippen molar-refractivity contribution in [3.05, 3.63) is 53.1 Å². The van der Waals surface area contributed by atoms with Gasteiger partial charge in [0.05, 0.1) is 37.0 Å². The molecular weight excluding hydrogens is 438 g/mol. The summed E-state index contributed by atoms with van der Waals surface area (Å²) in [7, 11) is 0. The van der Waals surface area contributed by atoms with Crippen molar-refractivity contribution in [2.24, 2.45) is 0 Å². The lowest BCUT2D eigenvalue weighted by Crippen LogP contribution is -2.30. The summed E-state index contributed by atoms with van der Waals surface area (Å²) in [5, 5.41) is 21.5. The van der Waals surface area contributed by atoms with Crippen molar-refractivity contribution < 1.29 is 34.0 Å². The van der Waals surface area contributed by atoms with Gasteiger partial charge in [-0.15, -0.1) is 0 Å². The van der Waals surface area contributed by atoms with E-state index in [2.05, 4.69) is 0 Å². The minimum Gasteiger partial charge on any atom is -0.507 e. The summed E-state index contributed by atoms with van der Waals surface area (Å²) < 4.78 is 16.7. The number of aromatic hydroxyl groups is 1. The highest BCUT2D eigenvalue weighted by Crippen LogP contribution is 2.43. The zero-order valence-electron chi connectivity index (χ0n) is 20.0. The van der Waals surface area contributed by atoms with E-state index in [1.165, 1.54) is 11.0 Å². The third-order valence-electron chi connectivity index (χ3n) is 5.42. The summed E-state index contributed by atoms with van der Waals surface area (Å²) in [5.74, 6) is -0.722. The number of phenols is 1. The van der Waals surface area contributed by atoms with E-state index in [1.54, 1.807) is 37.3 Å². The molecule has 1 aliphatic rings. The first kappa shape index (κ1) is 25.0. The molecule has 2 aromatic rings. The van der Waals surface area contributed by atoms with Gasteiger partial charge in [0.15, 0.2) is 11.5 Å². The fourth-order valence-corrected chi connectivity index (χ4v) is 4.04. The maximum atomic E-state index is 13.2. The lowest BCUT2D eigenvalue weighted by Gasteiger charge is -2.25. The van der Waals surface area contributed by atoms with Crippen LogP contribution in [-0.2, 0) is 9.59 Å². The quantitative estimate of drug-likeness (QED) is 0.301. The average molecular weight is 470 g/mol. The minimum atomic E-state index is -0.846. The first-order chi connectivity index (χ1) is 16.4. The minimum absolute atomic E-state index is 0.0447. The highest BCUT2D eigenvalue weighted by molar-refractivity contribution is 6.46. The van der Waals surface area contributed by atoms with Crippen molar-refractivity contribution in [3.63, 3.8) is 0 Å². The van der Waals surface area contributed by atoms with Gasteiger partial charge in [0, 0.05) is 12.6 Å². The van der Waals surface area contributed by atoms with Crippen molar-refractivity contribution in [1.29, 1.82) is 0 Å². The molecule has 1 amide bonds. The summed E-state index contributed by atoms with van der Waals surface area (Å²) in [6.45, 7) is 8.80. The Morgan fingerprint density at radius 3 is 2.24 bits per heavy atom. The molecule has 1 saturated heterocycles. The molecule has 1 aliphatic heterocycles. The predicted molar refractivity (Wildman–Crippen MR) is 127 cm³/mol. The van der Waals surface area contributed by atoms with Crippen molar-refractivity contribution in [1.82, 2.24) is 4.90 Å². The van der Waals surface area contributed by atoms with Gasteiger partial charge in [-0.2, -0.15) is 0 Å². The van der Waals surface area contributed by atoms with E-state index in [4.69, 9.17) is 14.2 Å². The van der Waals surface area contributed by atoms with Crippen molar-refractivity contribution in [3.8, 4) is 23.0 Å². The number of benzene rings is 2. The van der Waals surface area contributed by atoms with Gasteiger partial charge in [-0.05, 0) is 57.0 Å². The molecule has 8 nitrogen and oxygen atoms in total. The SMILES string of the molecule is CCCN1C(=O)C(=O)/C(=C(/O)c2ccc(OCC)cc2OCC)C1c1ccc(O)c(OCC)c1. The number of carbonyl (C=O) groups is 2. The molecule has 0 aromatic heterocycles. The van der Waals surface area contributed by atoms with Crippen LogP contribution in [0.1, 0.15) is 51.3 Å². The normalized spacial score (nSPS) is 17.2. The molecule has 1 heterocycles. The summed E-state index contributed by atoms with van der Waals surface area (Å²) in [4.78, 5) is 27.5. The van der Waals surface area contributed by atoms with Crippen LogP contribution in [0.2, 0.25) is 0 Å². The van der Waals surface area contributed by atoms with Gasteiger partial charge in [-0.3, -0.25) is 9.59 Å². The maximum absolute atomic E-state index is 13.2. The van der Waals surface area contributed by atoms with Crippen LogP contribution in [0.15, 0.2) is 42.0 Å². The van der Waals surface area contributed by atoms with Gasteiger partial charge < -0.3 is 29.3 Å². The van der Waals surface area contributed by atoms with E-state index in [1.807, 2.05) is 20.8 Å². The van der Waals surface area contributed by atoms with E-state index in [9.17, 15) is 19.8 Å². The number of carbonyl (C=O) groups excluding carboxylic acids is 2. The van der Waals surface area contributed by atoms with Crippen LogP contribution in [0.5, 0.6) is 23.0 Å². The van der Waals surface area contributed by atoms with Crippen LogP contribution < -0.4 is 14.2 Å². The standard InChI is InChI=1S/C26H31NO7/c1-5-13-27-23(16-9-12-19(28)21(14-16)34-8-4)22(25(30)26(27)31)24(29)18-11-10-17(32-6-2)15-20(18)33-7-3/h9-12,14-15,23,28-29H,5-8,13H2,1-4H3/b24-22+. The van der Waals surface area contributed by atoms with E-state index in [0.717, 1.165) is 0 Å². The Morgan fingerprint density at radius 1 is 0.912 bits per heavy atom. The molecular formula is C26H31NO7. The number of ether oxygens (including phenoxy) is 3. The second-order valence-electron chi connectivity index (χ2n) is 7.68. The molecule has 1 fully saturated rings. The van der Waals surface area contributed by atoms with Crippen LogP contribution in [0.4, 0.5) is 0 Å². The topological polar surface area (TPSA) is 106 Å². The largest absolute Gasteiger partial charge is 0.507 e. The van der Waals surface area contributed by atoms with Gasteiger partial charge in [0.1, 0.15) is 17.3 Å². The van der Waals surface area contributed by atoms with Crippen LogP contribution in [0, 0.1) is 0 Å². The second kappa shape index (κ2) is 11.0. The zero-order chi connectivity index (χ0) is 24.8. The number of ketones is 1. The monoisotopic (exact) mass is 469 g/mol. The molecule has 0 saturated carbocycles. The van der Waals surface area contributed by atoms with E-state index in [-0.39, 0.29) is 28.4 Å². The molecule has 0 bridgehead atoms. The molecule has 182 valence electrons. The third-order valence-corrected chi connectivity index (χ3v) is 5.42. The Kier molecular flexibility index (Phi) is 8.04. The van der Waals surface area contributed by atoms with Gasteiger partial charge in [0.25, 0.3) is 11.7 Å². The lowest BCUT2D eigenvalue weighted by atomic mass is 9.94. The number of nitrogens with zero attached hydrogens (tertiary/aromatic N) is 1. The summed E-state index contributed by atoms with van der Waals surface area (Å²) in [5.41, 5.74) is 0.782. The molecule has 1 unspecified atom stereocenters. The Morgan fingerprint density at radius 2 is 1.59 bits per heavy atom. The van der Waals surface area contributed by atoms with Gasteiger partial charge in [0.2, 0.25) is 0 Å². The molecule has 3 rings (SSSR count). The number of amides is 1. The van der Waals surface area contributed by atoms with Gasteiger partial charge >= 0.3 is 0 Å². The first-order valence-electron chi connectivity index (χ1n) is 11.5. The van der Waals surface area contributed by atoms with Crippen LogP contribution in [0.25, 0.3) is 5.76 Å². The lowest BCUT2D eigenvalue weighted by molar-refractivity contribution is -0.139. The fraction of sp³-hybridized carbons (Fsp3) is 0.385. The van der Waals surface area contributed by atoms with Crippen molar-refractivity contribution in [2.75, 3.05) is 26.4 Å². The summed E-state index contributed by atoms with van der Waals surface area (Å²) >= 11 is 0. The first-order valence-corrected chi connectivity index (χ1v) is 11.5. The van der Waals surface area contributed by atoms with Crippen molar-refractivity contribution >= 4 is 17.4 Å². The third kappa shape index (κ3) is 4.81. The van der Waals surface area contributed by atoms with E-state index in [0.29, 0.717) is 49.8 Å². The highest BCUT2D eigenvalue weighted by Gasteiger charge is 2.46. The van der Waals surface area contributed by atoms with Gasteiger partial charge in [-0.1, -0.05) is 13.0 Å². The van der Waals surface area contributed by atoms with Crippen LogP contribution >= 0.6 is 0 Å². The number of aliphatic hydroxyl groups excluding tert-OH is 1. The molecule has 0 aliphatic carbocycles. The number of likely N-dealkylation sites (tertiary alicyclic amines) is 1. The number of hydrogen-bond donors (Lipinski definition) is 2. The summed E-state index contributed by atoms with van der Waals surface area (Å²) in [6.07, 6.45) is 0.618. The number of aliphatic hydroxyl groups is 1.